The number of hydrogen-bond acceptors (Lipinski definition) is 5. The number of carbonyl (C=O) groups excluding carboxylic acids is 1. The summed E-state index contributed by atoms with van der Waals surface area (Å²) in [4.78, 5) is 13.2. The quantitative estimate of drug-likeness (QED) is 0.675. The monoisotopic (exact) mass is 387 g/mol. The van der Waals surface area contributed by atoms with E-state index in [0.717, 1.165) is 4.70 Å². The molecule has 0 radical (unpaired) electrons. The smallest absolute Gasteiger partial charge is 0.340 e. The molecule has 0 fully saturated rings. The number of esters is 1. The maximum Gasteiger partial charge on any atom is 0.340 e. The van der Waals surface area contributed by atoms with Gasteiger partial charge in [-0.25, -0.2) is 13.6 Å². The molecule has 1 atom stereocenters. The summed E-state index contributed by atoms with van der Waals surface area (Å²) >= 11 is 1.35. The van der Waals surface area contributed by atoms with Gasteiger partial charge in [0.2, 0.25) is 5.88 Å². The minimum Gasteiger partial charge on any atom is -0.462 e. The number of rotatable bonds is 3. The maximum absolute atomic E-state index is 13.9. The molecule has 3 aromatic rings. The SMILES string of the molecule is CCOC(=O)C1=C(N)Oc2c(sc3ccc(F)cc23)C1c1cccc(F)c1. The summed E-state index contributed by atoms with van der Waals surface area (Å²) in [7, 11) is 0. The van der Waals surface area contributed by atoms with Crippen LogP contribution in [0.3, 0.4) is 0 Å². The molecular weight excluding hydrogens is 372 g/mol. The lowest BCUT2D eigenvalue weighted by Crippen LogP contribution is -2.26. The van der Waals surface area contributed by atoms with Crippen LogP contribution in [0.1, 0.15) is 23.3 Å². The third-order valence-electron chi connectivity index (χ3n) is 4.34. The summed E-state index contributed by atoms with van der Waals surface area (Å²) in [5.74, 6) is -1.88. The highest BCUT2D eigenvalue weighted by molar-refractivity contribution is 7.19. The van der Waals surface area contributed by atoms with E-state index in [1.54, 1.807) is 25.1 Å². The molecule has 0 aliphatic carbocycles. The van der Waals surface area contributed by atoms with Crippen molar-refractivity contribution < 1.29 is 23.0 Å². The van der Waals surface area contributed by atoms with E-state index in [4.69, 9.17) is 15.2 Å². The molecule has 0 bridgehead atoms. The number of nitrogens with two attached hydrogens (primary N) is 1. The van der Waals surface area contributed by atoms with Crippen molar-refractivity contribution in [3.8, 4) is 5.75 Å². The summed E-state index contributed by atoms with van der Waals surface area (Å²) in [5, 5.41) is 0.558. The zero-order valence-corrected chi connectivity index (χ0v) is 15.1. The summed E-state index contributed by atoms with van der Waals surface area (Å²) in [6.45, 7) is 1.85. The molecule has 0 saturated heterocycles. The van der Waals surface area contributed by atoms with Crippen LogP contribution in [0.2, 0.25) is 0 Å². The van der Waals surface area contributed by atoms with Crippen LogP contribution in [0.4, 0.5) is 8.78 Å². The molecule has 7 heteroatoms. The molecule has 4 rings (SSSR count). The van der Waals surface area contributed by atoms with E-state index in [1.165, 1.54) is 35.6 Å². The number of fused-ring (bicyclic) bond motifs is 3. The zero-order valence-electron chi connectivity index (χ0n) is 14.3. The van der Waals surface area contributed by atoms with Crippen molar-refractivity contribution in [2.45, 2.75) is 12.8 Å². The van der Waals surface area contributed by atoms with Gasteiger partial charge in [-0.05, 0) is 42.8 Å². The molecule has 2 aromatic carbocycles. The number of thiophene rings is 1. The average Bonchev–Trinajstić information content (AvgIpc) is 2.98. The summed E-state index contributed by atoms with van der Waals surface area (Å²) < 4.78 is 39.3. The Hall–Kier alpha value is -2.93. The maximum atomic E-state index is 13.9. The van der Waals surface area contributed by atoms with Gasteiger partial charge >= 0.3 is 5.97 Å². The predicted octanol–water partition coefficient (Wildman–Crippen LogP) is 4.44. The van der Waals surface area contributed by atoms with E-state index in [-0.39, 0.29) is 18.1 Å². The average molecular weight is 387 g/mol. The summed E-state index contributed by atoms with van der Waals surface area (Å²) in [5.41, 5.74) is 6.71. The predicted molar refractivity (Wildman–Crippen MR) is 98.5 cm³/mol. The number of hydrogen-bond donors (Lipinski definition) is 1. The molecular formula is C20H15F2NO3S. The number of benzene rings is 2. The number of carbonyl (C=O) groups is 1. The van der Waals surface area contributed by atoms with E-state index in [2.05, 4.69) is 0 Å². The Labute approximate surface area is 157 Å². The first-order valence-corrected chi connectivity index (χ1v) is 9.13. The first-order chi connectivity index (χ1) is 13.0. The van der Waals surface area contributed by atoms with Gasteiger partial charge in [-0.15, -0.1) is 11.3 Å². The molecule has 0 saturated carbocycles. The lowest BCUT2D eigenvalue weighted by molar-refractivity contribution is -0.139. The van der Waals surface area contributed by atoms with E-state index >= 15 is 0 Å². The lowest BCUT2D eigenvalue weighted by Gasteiger charge is -2.26. The van der Waals surface area contributed by atoms with Crippen LogP contribution < -0.4 is 10.5 Å². The molecule has 27 heavy (non-hydrogen) atoms. The van der Waals surface area contributed by atoms with Crippen LogP contribution in [0.15, 0.2) is 53.9 Å². The van der Waals surface area contributed by atoms with Gasteiger partial charge in [0, 0.05) is 10.1 Å². The fourth-order valence-corrected chi connectivity index (χ4v) is 4.48. The molecule has 2 heterocycles. The minimum atomic E-state index is -0.663. The van der Waals surface area contributed by atoms with E-state index in [9.17, 15) is 13.6 Å². The van der Waals surface area contributed by atoms with Crippen molar-refractivity contribution in [2.75, 3.05) is 6.61 Å². The van der Waals surface area contributed by atoms with Crippen molar-refractivity contribution in [3.63, 3.8) is 0 Å². The first kappa shape index (κ1) is 17.5. The molecule has 4 nitrogen and oxygen atoms in total. The van der Waals surface area contributed by atoms with Gasteiger partial charge in [0.05, 0.1) is 17.4 Å². The largest absolute Gasteiger partial charge is 0.462 e. The molecule has 1 aliphatic rings. The molecule has 1 aromatic heterocycles. The van der Waals surface area contributed by atoms with Crippen LogP contribution in [0.5, 0.6) is 5.75 Å². The zero-order chi connectivity index (χ0) is 19.1. The Balaban J connectivity index is 1.98. The van der Waals surface area contributed by atoms with Gasteiger partial charge in [0.1, 0.15) is 17.2 Å². The fourth-order valence-electron chi connectivity index (χ4n) is 3.23. The Morgan fingerprint density at radius 1 is 1.22 bits per heavy atom. The van der Waals surface area contributed by atoms with E-state index in [0.29, 0.717) is 21.6 Å². The second-order valence-electron chi connectivity index (χ2n) is 6.02. The normalized spacial score (nSPS) is 16.2. The van der Waals surface area contributed by atoms with Crippen molar-refractivity contribution in [1.82, 2.24) is 0 Å². The third kappa shape index (κ3) is 2.94. The van der Waals surface area contributed by atoms with Crippen molar-refractivity contribution >= 4 is 27.4 Å². The minimum absolute atomic E-state index is 0.113. The van der Waals surface area contributed by atoms with Crippen LogP contribution >= 0.6 is 11.3 Å². The Morgan fingerprint density at radius 3 is 2.74 bits per heavy atom. The third-order valence-corrected chi connectivity index (χ3v) is 5.55. The molecule has 1 aliphatic heterocycles. The molecule has 0 amide bonds. The second-order valence-corrected chi connectivity index (χ2v) is 7.11. The van der Waals surface area contributed by atoms with Crippen LogP contribution in [-0.2, 0) is 9.53 Å². The Morgan fingerprint density at radius 2 is 2.00 bits per heavy atom. The topological polar surface area (TPSA) is 61.5 Å². The van der Waals surface area contributed by atoms with Gasteiger partial charge in [-0.2, -0.15) is 0 Å². The summed E-state index contributed by atoms with van der Waals surface area (Å²) in [6.07, 6.45) is 0. The molecule has 138 valence electrons. The van der Waals surface area contributed by atoms with Crippen molar-refractivity contribution in [3.05, 3.63) is 76.0 Å². The van der Waals surface area contributed by atoms with Gasteiger partial charge in [0.15, 0.2) is 5.75 Å². The first-order valence-electron chi connectivity index (χ1n) is 8.31. The standard InChI is InChI=1S/C20H15F2NO3S/c1-2-25-20(24)16-15(10-4-3-5-11(21)8-10)18-17(26-19(16)23)13-9-12(22)6-7-14(13)27-18/h3-9,15H,2,23H2,1H3. The molecule has 0 spiro atoms. The lowest BCUT2D eigenvalue weighted by atomic mass is 9.87. The van der Waals surface area contributed by atoms with Gasteiger partial charge < -0.3 is 15.2 Å². The Kier molecular flexibility index (Phi) is 4.31. The van der Waals surface area contributed by atoms with Crippen molar-refractivity contribution in [2.24, 2.45) is 5.73 Å². The summed E-state index contributed by atoms with van der Waals surface area (Å²) in [6, 6.07) is 10.3. The van der Waals surface area contributed by atoms with Gasteiger partial charge in [-0.3, -0.25) is 0 Å². The van der Waals surface area contributed by atoms with Crippen LogP contribution in [0, 0.1) is 11.6 Å². The van der Waals surface area contributed by atoms with Crippen molar-refractivity contribution in [1.29, 1.82) is 0 Å². The van der Waals surface area contributed by atoms with Crippen LogP contribution in [0.25, 0.3) is 10.1 Å². The van der Waals surface area contributed by atoms with Gasteiger partial charge in [0.25, 0.3) is 0 Å². The fraction of sp³-hybridized carbons (Fsp3) is 0.150. The van der Waals surface area contributed by atoms with Crippen LogP contribution in [-0.4, -0.2) is 12.6 Å². The number of ether oxygens (including phenoxy) is 2. The molecule has 1 unspecified atom stereocenters. The Bertz CT molecular complexity index is 1090. The highest BCUT2D eigenvalue weighted by atomic mass is 32.1. The van der Waals surface area contributed by atoms with Gasteiger partial charge in [-0.1, -0.05) is 12.1 Å². The highest BCUT2D eigenvalue weighted by Gasteiger charge is 2.38. The highest BCUT2D eigenvalue weighted by Crippen LogP contribution is 2.50. The second kappa shape index (κ2) is 6.66. The number of halogens is 2. The van der Waals surface area contributed by atoms with E-state index in [1.807, 2.05) is 0 Å². The van der Waals surface area contributed by atoms with E-state index < -0.39 is 23.5 Å². The molecule has 2 N–H and O–H groups in total.